The standard InChI is InChI=1S/C16H25N6/c1-2-9-20(8-1)14-12-22(16-17-6-5-7-18-16)13-15(19-14)21-10-3-4-11-21/h5-7,14-15H,1-4,8-13H2. The van der Waals surface area contributed by atoms with E-state index in [1.54, 1.807) is 0 Å². The zero-order chi connectivity index (χ0) is 14.8. The molecule has 3 fully saturated rings. The molecule has 6 heteroatoms. The Kier molecular flexibility index (Phi) is 4.23. The van der Waals surface area contributed by atoms with Gasteiger partial charge in [-0.05, 0) is 57.9 Å². The van der Waals surface area contributed by atoms with Crippen molar-refractivity contribution in [3.63, 3.8) is 0 Å². The monoisotopic (exact) mass is 301 g/mol. The van der Waals surface area contributed by atoms with Crippen molar-refractivity contribution in [2.75, 3.05) is 44.2 Å². The third kappa shape index (κ3) is 2.95. The van der Waals surface area contributed by atoms with Crippen LogP contribution in [-0.2, 0) is 0 Å². The van der Waals surface area contributed by atoms with Crippen molar-refractivity contribution in [1.82, 2.24) is 25.1 Å². The van der Waals surface area contributed by atoms with Crippen LogP contribution in [0, 0.1) is 0 Å². The fraction of sp³-hybridized carbons (Fsp3) is 0.750. The number of anilines is 1. The van der Waals surface area contributed by atoms with E-state index >= 15 is 0 Å². The maximum Gasteiger partial charge on any atom is 0.225 e. The average Bonchev–Trinajstić information content (AvgIpc) is 3.29. The van der Waals surface area contributed by atoms with Gasteiger partial charge in [-0.1, -0.05) is 0 Å². The molecule has 1 aromatic heterocycles. The Hall–Kier alpha value is -1.24. The van der Waals surface area contributed by atoms with Crippen LogP contribution in [0.2, 0.25) is 0 Å². The summed E-state index contributed by atoms with van der Waals surface area (Å²) in [4.78, 5) is 16.3. The van der Waals surface area contributed by atoms with Gasteiger partial charge in [0.2, 0.25) is 5.95 Å². The largest absolute Gasteiger partial charge is 0.335 e. The first kappa shape index (κ1) is 14.4. The molecular weight excluding hydrogens is 276 g/mol. The van der Waals surface area contributed by atoms with Gasteiger partial charge in [-0.3, -0.25) is 9.80 Å². The summed E-state index contributed by atoms with van der Waals surface area (Å²) in [7, 11) is 0. The molecule has 0 spiro atoms. The molecule has 0 N–H and O–H groups in total. The summed E-state index contributed by atoms with van der Waals surface area (Å²) in [5.74, 6) is 0.853. The van der Waals surface area contributed by atoms with Crippen molar-refractivity contribution < 1.29 is 0 Å². The minimum atomic E-state index is 0.297. The number of hydrogen-bond donors (Lipinski definition) is 0. The Morgan fingerprint density at radius 2 is 1.27 bits per heavy atom. The summed E-state index contributed by atoms with van der Waals surface area (Å²) in [6.07, 6.45) is 9.50. The average molecular weight is 301 g/mol. The lowest BCUT2D eigenvalue weighted by Gasteiger charge is -2.43. The van der Waals surface area contributed by atoms with E-state index in [9.17, 15) is 0 Å². The lowest BCUT2D eigenvalue weighted by atomic mass is 10.2. The van der Waals surface area contributed by atoms with Gasteiger partial charge in [0.25, 0.3) is 0 Å². The van der Waals surface area contributed by atoms with Crippen molar-refractivity contribution in [2.24, 2.45) is 0 Å². The highest BCUT2D eigenvalue weighted by atomic mass is 15.4. The molecule has 0 aromatic carbocycles. The molecule has 0 amide bonds. The van der Waals surface area contributed by atoms with Crippen LogP contribution in [0.15, 0.2) is 18.5 Å². The van der Waals surface area contributed by atoms with Gasteiger partial charge < -0.3 is 4.90 Å². The van der Waals surface area contributed by atoms with Crippen LogP contribution in [0.4, 0.5) is 5.95 Å². The summed E-state index contributed by atoms with van der Waals surface area (Å²) in [5.41, 5.74) is 0. The fourth-order valence-corrected chi connectivity index (χ4v) is 3.88. The van der Waals surface area contributed by atoms with Gasteiger partial charge in [0.1, 0.15) is 0 Å². The maximum atomic E-state index is 5.18. The lowest BCUT2D eigenvalue weighted by molar-refractivity contribution is 0.0951. The second-order valence-corrected chi connectivity index (χ2v) is 6.55. The van der Waals surface area contributed by atoms with Crippen LogP contribution in [0.1, 0.15) is 25.7 Å². The molecule has 119 valence electrons. The fourth-order valence-electron chi connectivity index (χ4n) is 3.88. The Morgan fingerprint density at radius 3 is 1.77 bits per heavy atom. The van der Waals surface area contributed by atoms with Gasteiger partial charge in [0.15, 0.2) is 0 Å². The quantitative estimate of drug-likeness (QED) is 0.824. The highest BCUT2D eigenvalue weighted by Gasteiger charge is 2.36. The molecule has 0 bridgehead atoms. The summed E-state index contributed by atoms with van der Waals surface area (Å²) in [6.45, 7) is 6.59. The smallest absolute Gasteiger partial charge is 0.225 e. The molecule has 0 aliphatic carbocycles. The Labute approximate surface area is 132 Å². The summed E-state index contributed by atoms with van der Waals surface area (Å²) in [6, 6.07) is 1.88. The summed E-state index contributed by atoms with van der Waals surface area (Å²) in [5, 5.41) is 5.18. The maximum absolute atomic E-state index is 5.18. The molecule has 2 atom stereocenters. The third-order valence-corrected chi connectivity index (χ3v) is 5.07. The number of piperazine rings is 1. The van der Waals surface area contributed by atoms with Crippen LogP contribution in [0.25, 0.3) is 0 Å². The molecule has 2 unspecified atom stereocenters. The predicted octanol–water partition coefficient (Wildman–Crippen LogP) is 0.745. The molecule has 1 aromatic rings. The van der Waals surface area contributed by atoms with E-state index in [2.05, 4.69) is 24.7 Å². The molecule has 22 heavy (non-hydrogen) atoms. The highest BCUT2D eigenvalue weighted by molar-refractivity contribution is 5.30. The van der Waals surface area contributed by atoms with E-state index in [-0.39, 0.29) is 0 Å². The van der Waals surface area contributed by atoms with E-state index in [4.69, 9.17) is 5.32 Å². The number of rotatable bonds is 3. The number of hydrogen-bond acceptors (Lipinski definition) is 5. The van der Waals surface area contributed by atoms with Crippen molar-refractivity contribution in [1.29, 1.82) is 0 Å². The van der Waals surface area contributed by atoms with Gasteiger partial charge in [-0.15, -0.1) is 0 Å². The molecule has 3 aliphatic heterocycles. The topological polar surface area (TPSA) is 49.6 Å². The van der Waals surface area contributed by atoms with E-state index in [0.717, 1.165) is 19.0 Å². The van der Waals surface area contributed by atoms with E-state index in [1.807, 2.05) is 18.5 Å². The van der Waals surface area contributed by atoms with Gasteiger partial charge in [0.05, 0.1) is 25.4 Å². The first-order valence-electron chi connectivity index (χ1n) is 8.60. The van der Waals surface area contributed by atoms with Crippen molar-refractivity contribution in [3.8, 4) is 0 Å². The van der Waals surface area contributed by atoms with Gasteiger partial charge >= 0.3 is 0 Å². The summed E-state index contributed by atoms with van der Waals surface area (Å²) < 4.78 is 0. The van der Waals surface area contributed by atoms with Crippen LogP contribution in [0.3, 0.4) is 0 Å². The van der Waals surface area contributed by atoms with Crippen molar-refractivity contribution in [2.45, 2.75) is 38.0 Å². The Balaban J connectivity index is 1.53. The molecule has 6 nitrogen and oxygen atoms in total. The van der Waals surface area contributed by atoms with Crippen molar-refractivity contribution >= 4 is 5.95 Å². The normalized spacial score (nSPS) is 31.0. The second-order valence-electron chi connectivity index (χ2n) is 6.55. The summed E-state index contributed by atoms with van der Waals surface area (Å²) >= 11 is 0. The highest BCUT2D eigenvalue weighted by Crippen LogP contribution is 2.22. The predicted molar refractivity (Wildman–Crippen MR) is 85.6 cm³/mol. The van der Waals surface area contributed by atoms with E-state index in [0.29, 0.717) is 12.3 Å². The van der Waals surface area contributed by atoms with Crippen LogP contribution in [0.5, 0.6) is 0 Å². The molecule has 3 saturated heterocycles. The first-order chi connectivity index (χ1) is 10.9. The lowest BCUT2D eigenvalue weighted by Crippen LogP contribution is -2.63. The van der Waals surface area contributed by atoms with Gasteiger partial charge in [0, 0.05) is 12.4 Å². The molecule has 0 saturated carbocycles. The van der Waals surface area contributed by atoms with E-state index < -0.39 is 0 Å². The minimum Gasteiger partial charge on any atom is -0.335 e. The Bertz CT molecular complexity index is 445. The number of nitrogens with zero attached hydrogens (tertiary/aromatic N) is 6. The number of likely N-dealkylation sites (tertiary alicyclic amines) is 2. The Morgan fingerprint density at radius 1 is 0.773 bits per heavy atom. The molecule has 1 radical (unpaired) electrons. The zero-order valence-electron chi connectivity index (χ0n) is 13.1. The van der Waals surface area contributed by atoms with Crippen molar-refractivity contribution in [3.05, 3.63) is 18.5 Å². The minimum absolute atomic E-state index is 0.297. The van der Waals surface area contributed by atoms with Gasteiger partial charge in [-0.25, -0.2) is 15.3 Å². The van der Waals surface area contributed by atoms with Crippen LogP contribution >= 0.6 is 0 Å². The second kappa shape index (κ2) is 6.48. The van der Waals surface area contributed by atoms with Gasteiger partial charge in [-0.2, -0.15) is 0 Å². The first-order valence-corrected chi connectivity index (χ1v) is 8.60. The van der Waals surface area contributed by atoms with Crippen LogP contribution in [-0.4, -0.2) is 71.4 Å². The van der Waals surface area contributed by atoms with Crippen LogP contribution < -0.4 is 10.2 Å². The third-order valence-electron chi connectivity index (χ3n) is 5.07. The number of aromatic nitrogens is 2. The van der Waals surface area contributed by atoms with E-state index in [1.165, 1.54) is 51.9 Å². The molecule has 4 rings (SSSR count). The molecular formula is C16H25N6. The zero-order valence-corrected chi connectivity index (χ0v) is 13.1. The molecule has 4 heterocycles. The molecule has 3 aliphatic rings. The SMILES string of the molecule is c1cnc(N2CC(N3CCCC3)[N]C(N3CCCC3)C2)nc1.